The van der Waals surface area contributed by atoms with Crippen molar-refractivity contribution in [1.82, 2.24) is 10.0 Å². The number of carbonyl (C=O) groups is 1. The maximum Gasteiger partial charge on any atom is 0.236 e. The lowest BCUT2D eigenvalue weighted by molar-refractivity contribution is -0.152. The van der Waals surface area contributed by atoms with Crippen LogP contribution in [0, 0.1) is 5.92 Å². The molecule has 76 valence electrons. The molecule has 1 rings (SSSR count). The fraction of sp³-hybridized carbons (Fsp3) is 0.889. The molecule has 0 radical (unpaired) electrons. The molecule has 0 aliphatic carbocycles. The van der Waals surface area contributed by atoms with Crippen molar-refractivity contribution in [2.24, 2.45) is 5.92 Å². The first-order valence-corrected chi connectivity index (χ1v) is 4.77. The van der Waals surface area contributed by atoms with E-state index >= 15 is 0 Å². The van der Waals surface area contributed by atoms with Gasteiger partial charge in [-0.3, -0.25) is 9.80 Å². The molecular weight excluding hydrogens is 168 g/mol. The van der Waals surface area contributed by atoms with Gasteiger partial charge in [-0.05, 0) is 12.3 Å². The minimum atomic E-state index is 0.177. The van der Waals surface area contributed by atoms with E-state index in [9.17, 15) is 4.79 Å². The smallest absolute Gasteiger partial charge is 0.236 e. The molecular formula is C9H18N2O2. The molecule has 0 saturated carbocycles. The van der Waals surface area contributed by atoms with Crippen LogP contribution in [0.3, 0.4) is 0 Å². The van der Waals surface area contributed by atoms with Gasteiger partial charge < -0.3 is 5.11 Å². The lowest BCUT2D eigenvalue weighted by atomic mass is 10.1. The Balaban J connectivity index is 2.43. The topological polar surface area (TPSA) is 43.8 Å². The second-order valence-electron chi connectivity index (χ2n) is 3.72. The van der Waals surface area contributed by atoms with Crippen LogP contribution in [0.5, 0.6) is 0 Å². The number of hydrazine groups is 1. The SMILES string of the molecule is CC(CO)CN1CCCC(=O)N1C. The fourth-order valence-corrected chi connectivity index (χ4v) is 1.51. The molecule has 1 amide bonds. The third-order valence-corrected chi connectivity index (χ3v) is 2.43. The Kier molecular flexibility index (Phi) is 3.69. The van der Waals surface area contributed by atoms with Crippen LogP contribution in [-0.2, 0) is 4.79 Å². The molecule has 0 bridgehead atoms. The molecule has 0 aromatic carbocycles. The van der Waals surface area contributed by atoms with Crippen LogP contribution in [-0.4, -0.2) is 47.8 Å². The second kappa shape index (κ2) is 4.58. The summed E-state index contributed by atoms with van der Waals surface area (Å²) < 4.78 is 0. The molecule has 0 aromatic rings. The van der Waals surface area contributed by atoms with Crippen molar-refractivity contribution >= 4 is 5.91 Å². The summed E-state index contributed by atoms with van der Waals surface area (Å²) in [5.41, 5.74) is 0. The number of carbonyl (C=O) groups excluding carboxylic acids is 1. The minimum Gasteiger partial charge on any atom is -0.396 e. The van der Waals surface area contributed by atoms with E-state index in [0.717, 1.165) is 19.5 Å². The van der Waals surface area contributed by atoms with E-state index in [1.807, 2.05) is 11.9 Å². The second-order valence-corrected chi connectivity index (χ2v) is 3.72. The van der Waals surface area contributed by atoms with Crippen molar-refractivity contribution in [3.05, 3.63) is 0 Å². The number of hydrogen-bond donors (Lipinski definition) is 1. The predicted molar refractivity (Wildman–Crippen MR) is 49.8 cm³/mol. The average molecular weight is 186 g/mol. The lowest BCUT2D eigenvalue weighted by Crippen LogP contribution is -2.49. The van der Waals surface area contributed by atoms with Gasteiger partial charge in [0.2, 0.25) is 5.91 Å². The molecule has 0 spiro atoms. The molecule has 0 aromatic heterocycles. The van der Waals surface area contributed by atoms with Crippen LogP contribution >= 0.6 is 0 Å². The van der Waals surface area contributed by atoms with Crippen molar-refractivity contribution in [3.63, 3.8) is 0 Å². The van der Waals surface area contributed by atoms with Crippen LogP contribution in [0.2, 0.25) is 0 Å². The molecule has 1 saturated heterocycles. The maximum atomic E-state index is 11.3. The molecule has 4 nitrogen and oxygen atoms in total. The van der Waals surface area contributed by atoms with Gasteiger partial charge in [-0.25, -0.2) is 5.01 Å². The monoisotopic (exact) mass is 186 g/mol. The molecule has 1 aliphatic rings. The molecule has 1 fully saturated rings. The molecule has 1 atom stereocenters. The Morgan fingerprint density at radius 3 is 2.92 bits per heavy atom. The predicted octanol–water partition coefficient (Wildman–Crippen LogP) is 0.0840. The van der Waals surface area contributed by atoms with Gasteiger partial charge in [-0.1, -0.05) is 6.92 Å². The van der Waals surface area contributed by atoms with Crippen molar-refractivity contribution in [2.75, 3.05) is 26.7 Å². The number of amides is 1. The van der Waals surface area contributed by atoms with E-state index in [2.05, 4.69) is 0 Å². The average Bonchev–Trinajstić information content (AvgIpc) is 2.13. The van der Waals surface area contributed by atoms with Crippen molar-refractivity contribution in [3.8, 4) is 0 Å². The summed E-state index contributed by atoms with van der Waals surface area (Å²) in [4.78, 5) is 11.3. The van der Waals surface area contributed by atoms with Gasteiger partial charge in [0, 0.05) is 33.2 Å². The highest BCUT2D eigenvalue weighted by atomic mass is 16.3. The summed E-state index contributed by atoms with van der Waals surface area (Å²) in [6.45, 7) is 3.84. The zero-order chi connectivity index (χ0) is 9.84. The molecule has 1 heterocycles. The minimum absolute atomic E-state index is 0.177. The molecule has 1 N–H and O–H groups in total. The van der Waals surface area contributed by atoms with E-state index in [1.165, 1.54) is 0 Å². The first kappa shape index (κ1) is 10.5. The molecule has 1 aliphatic heterocycles. The van der Waals surface area contributed by atoms with Gasteiger partial charge in [-0.15, -0.1) is 0 Å². The number of aliphatic hydroxyl groups excluding tert-OH is 1. The highest BCUT2D eigenvalue weighted by Crippen LogP contribution is 2.11. The van der Waals surface area contributed by atoms with E-state index in [4.69, 9.17) is 5.11 Å². The summed E-state index contributed by atoms with van der Waals surface area (Å²) in [5, 5.41) is 12.6. The third-order valence-electron chi connectivity index (χ3n) is 2.43. The number of aliphatic hydroxyl groups is 1. The summed E-state index contributed by atoms with van der Waals surface area (Å²) in [5.74, 6) is 0.407. The van der Waals surface area contributed by atoms with Crippen LogP contribution in [0.25, 0.3) is 0 Å². The summed E-state index contributed by atoms with van der Waals surface area (Å²) in [6, 6.07) is 0. The maximum absolute atomic E-state index is 11.3. The third kappa shape index (κ3) is 2.67. The first-order valence-electron chi connectivity index (χ1n) is 4.77. The zero-order valence-corrected chi connectivity index (χ0v) is 8.36. The zero-order valence-electron chi connectivity index (χ0n) is 8.36. The standard InChI is InChI=1S/C9H18N2O2/c1-8(7-12)6-11-5-3-4-9(13)10(11)2/h8,12H,3-7H2,1-2H3. The summed E-state index contributed by atoms with van der Waals surface area (Å²) in [7, 11) is 1.80. The van der Waals surface area contributed by atoms with Crippen molar-refractivity contribution < 1.29 is 9.90 Å². The summed E-state index contributed by atoms with van der Waals surface area (Å²) in [6.07, 6.45) is 1.59. The Morgan fingerprint density at radius 2 is 2.31 bits per heavy atom. The highest BCUT2D eigenvalue weighted by molar-refractivity contribution is 5.75. The van der Waals surface area contributed by atoms with Crippen molar-refractivity contribution in [1.29, 1.82) is 0 Å². The fourth-order valence-electron chi connectivity index (χ4n) is 1.51. The number of hydrogen-bond acceptors (Lipinski definition) is 3. The van der Waals surface area contributed by atoms with Gasteiger partial charge in [-0.2, -0.15) is 0 Å². The normalized spacial score (nSPS) is 22.1. The number of nitrogens with zero attached hydrogens (tertiary/aromatic N) is 2. The number of rotatable bonds is 3. The van der Waals surface area contributed by atoms with Gasteiger partial charge in [0.25, 0.3) is 0 Å². The van der Waals surface area contributed by atoms with E-state index < -0.39 is 0 Å². The van der Waals surface area contributed by atoms with Crippen LogP contribution < -0.4 is 0 Å². The van der Waals surface area contributed by atoms with Gasteiger partial charge in [0.1, 0.15) is 0 Å². The Bertz CT molecular complexity index is 184. The quantitative estimate of drug-likeness (QED) is 0.679. The highest BCUT2D eigenvalue weighted by Gasteiger charge is 2.23. The Morgan fingerprint density at radius 1 is 1.62 bits per heavy atom. The lowest BCUT2D eigenvalue weighted by Gasteiger charge is -2.37. The van der Waals surface area contributed by atoms with Gasteiger partial charge in [0.15, 0.2) is 0 Å². The van der Waals surface area contributed by atoms with E-state index in [1.54, 1.807) is 12.1 Å². The van der Waals surface area contributed by atoms with Crippen LogP contribution in [0.1, 0.15) is 19.8 Å². The van der Waals surface area contributed by atoms with Crippen molar-refractivity contribution in [2.45, 2.75) is 19.8 Å². The molecule has 4 heteroatoms. The largest absolute Gasteiger partial charge is 0.396 e. The van der Waals surface area contributed by atoms with Crippen LogP contribution in [0.4, 0.5) is 0 Å². The van der Waals surface area contributed by atoms with Crippen LogP contribution in [0.15, 0.2) is 0 Å². The Hall–Kier alpha value is -0.610. The van der Waals surface area contributed by atoms with E-state index in [-0.39, 0.29) is 18.4 Å². The molecule has 13 heavy (non-hydrogen) atoms. The molecule has 1 unspecified atom stereocenters. The van der Waals surface area contributed by atoms with Gasteiger partial charge in [0.05, 0.1) is 0 Å². The first-order chi connectivity index (χ1) is 6.15. The summed E-state index contributed by atoms with van der Waals surface area (Å²) >= 11 is 0. The van der Waals surface area contributed by atoms with E-state index in [0.29, 0.717) is 6.42 Å². The Labute approximate surface area is 79.1 Å². The van der Waals surface area contributed by atoms with Gasteiger partial charge >= 0.3 is 0 Å².